The lowest BCUT2D eigenvalue weighted by molar-refractivity contribution is -0.160. The fourth-order valence-electron chi connectivity index (χ4n) is 4.47. The number of allylic oxidation sites excluding steroid dienone is 2. The average molecular weight is 484 g/mol. The fourth-order valence-corrected chi connectivity index (χ4v) is 4.47. The molecule has 188 valence electrons. The minimum Gasteiger partial charge on any atom is -0.381 e. The molecule has 1 N–H and O–H groups in total. The first kappa shape index (κ1) is 26.3. The van der Waals surface area contributed by atoms with Crippen molar-refractivity contribution in [3.8, 4) is 0 Å². The number of hydrogen-bond donors (Lipinski definition) is 1. The summed E-state index contributed by atoms with van der Waals surface area (Å²) >= 11 is 0. The Balaban J connectivity index is 1.53. The lowest BCUT2D eigenvalue weighted by Gasteiger charge is -2.31. The molecule has 0 aromatic heterocycles. The second-order valence-electron chi connectivity index (χ2n) is 8.81. The summed E-state index contributed by atoms with van der Waals surface area (Å²) in [7, 11) is 0. The van der Waals surface area contributed by atoms with E-state index in [0.29, 0.717) is 19.3 Å². The van der Waals surface area contributed by atoms with Crippen molar-refractivity contribution < 1.29 is 32.2 Å². The molecule has 34 heavy (non-hydrogen) atoms. The van der Waals surface area contributed by atoms with Gasteiger partial charge in [0.25, 0.3) is 11.8 Å². The number of nitrogens with one attached hydrogen (secondary N) is 1. The Morgan fingerprint density at radius 2 is 2.06 bits per heavy atom. The van der Waals surface area contributed by atoms with Crippen LogP contribution in [0.4, 0.5) is 13.2 Å². The quantitative estimate of drug-likeness (QED) is 0.310. The van der Waals surface area contributed by atoms with E-state index in [1.165, 1.54) is 12.2 Å². The summed E-state index contributed by atoms with van der Waals surface area (Å²) in [6.07, 6.45) is 4.16. The molecule has 3 rings (SSSR count). The lowest BCUT2D eigenvalue weighted by atomic mass is 9.95. The second kappa shape index (κ2) is 12.4. The van der Waals surface area contributed by atoms with Crippen molar-refractivity contribution in [2.45, 2.75) is 31.5 Å². The fraction of sp³-hybridized carbons (Fsp3) is 0.625. The van der Waals surface area contributed by atoms with Gasteiger partial charge in [-0.1, -0.05) is 24.3 Å². The number of halogens is 3. The lowest BCUT2D eigenvalue weighted by Crippen LogP contribution is -2.38. The Labute approximate surface area is 197 Å². The van der Waals surface area contributed by atoms with Crippen molar-refractivity contribution >= 4 is 18.0 Å². The number of hydrogen-bond acceptors (Lipinski definition) is 5. The van der Waals surface area contributed by atoms with Crippen molar-refractivity contribution in [2.75, 3.05) is 46.1 Å². The molecule has 0 spiro atoms. The normalized spacial score (nSPS) is 26.6. The first-order valence-electron chi connectivity index (χ1n) is 11.6. The molecule has 2 heterocycles. The predicted molar refractivity (Wildman–Crippen MR) is 121 cm³/mol. The molecular formula is C24H32F3N3O4. The summed E-state index contributed by atoms with van der Waals surface area (Å²) in [5.41, 5.74) is -0.104. The van der Waals surface area contributed by atoms with Gasteiger partial charge in [-0.05, 0) is 19.3 Å². The van der Waals surface area contributed by atoms with Crippen LogP contribution < -0.4 is 5.32 Å². The van der Waals surface area contributed by atoms with E-state index in [0.717, 1.165) is 45.2 Å². The molecule has 2 aliphatic heterocycles. The number of carbonyl (C=O) groups excluding carboxylic acids is 2. The van der Waals surface area contributed by atoms with Crippen LogP contribution in [-0.4, -0.2) is 81.2 Å². The minimum atomic E-state index is -4.41. The third-order valence-electron chi connectivity index (χ3n) is 6.36. The van der Waals surface area contributed by atoms with E-state index in [1.807, 2.05) is 0 Å². The Bertz CT molecular complexity index is 819. The molecule has 0 aromatic carbocycles. The van der Waals surface area contributed by atoms with Crippen LogP contribution in [0.3, 0.4) is 0 Å². The molecule has 0 aromatic rings. The number of carbonyl (C=O) groups is 2. The first-order valence-corrected chi connectivity index (χ1v) is 11.6. The highest BCUT2D eigenvalue weighted by Crippen LogP contribution is 2.33. The Hall–Kier alpha value is -2.30. The summed E-state index contributed by atoms with van der Waals surface area (Å²) in [5.74, 6) is -2.80. The van der Waals surface area contributed by atoms with E-state index in [-0.39, 0.29) is 30.4 Å². The van der Waals surface area contributed by atoms with Crippen LogP contribution in [0.5, 0.6) is 0 Å². The van der Waals surface area contributed by atoms with Gasteiger partial charge in [-0.2, -0.15) is 13.2 Å². The smallest absolute Gasteiger partial charge is 0.381 e. The summed E-state index contributed by atoms with van der Waals surface area (Å²) in [5, 5.41) is 2.36. The largest absolute Gasteiger partial charge is 0.395 e. The SMILES string of the molecule is C=CCOC[C@H]1CN(C2CCOCC2)CC1C=NC(=O)CNC(=O)C1=CC(C(F)(F)F)CC=C1. The second-order valence-corrected chi connectivity index (χ2v) is 8.81. The number of alkyl halides is 3. The van der Waals surface area contributed by atoms with Gasteiger partial charge < -0.3 is 14.8 Å². The number of nitrogens with zero attached hydrogens (tertiary/aromatic N) is 2. The van der Waals surface area contributed by atoms with Crippen LogP contribution in [0.2, 0.25) is 0 Å². The molecule has 2 amide bonds. The molecule has 10 heteroatoms. The molecule has 0 saturated carbocycles. The van der Waals surface area contributed by atoms with E-state index >= 15 is 0 Å². The average Bonchev–Trinajstić information content (AvgIpc) is 3.24. The van der Waals surface area contributed by atoms with Crippen molar-refractivity contribution in [1.82, 2.24) is 10.2 Å². The zero-order valence-electron chi connectivity index (χ0n) is 19.1. The van der Waals surface area contributed by atoms with Gasteiger partial charge >= 0.3 is 6.18 Å². The van der Waals surface area contributed by atoms with Gasteiger partial charge in [0.2, 0.25) is 0 Å². The zero-order valence-corrected chi connectivity index (χ0v) is 19.1. The van der Waals surface area contributed by atoms with E-state index in [9.17, 15) is 22.8 Å². The van der Waals surface area contributed by atoms with Gasteiger partial charge in [0.15, 0.2) is 0 Å². The topological polar surface area (TPSA) is 80.2 Å². The Morgan fingerprint density at radius 1 is 1.29 bits per heavy atom. The van der Waals surface area contributed by atoms with Crippen molar-refractivity contribution in [1.29, 1.82) is 0 Å². The Kier molecular flexibility index (Phi) is 9.61. The molecule has 7 nitrogen and oxygen atoms in total. The van der Waals surface area contributed by atoms with Crippen LogP contribution >= 0.6 is 0 Å². The molecular weight excluding hydrogens is 451 g/mol. The van der Waals surface area contributed by atoms with Crippen LogP contribution in [0.15, 0.2) is 41.4 Å². The predicted octanol–water partition coefficient (Wildman–Crippen LogP) is 2.69. The molecule has 0 bridgehead atoms. The van der Waals surface area contributed by atoms with Crippen molar-refractivity contribution in [3.63, 3.8) is 0 Å². The van der Waals surface area contributed by atoms with Crippen LogP contribution in [-0.2, 0) is 19.1 Å². The maximum atomic E-state index is 12.9. The summed E-state index contributed by atoms with van der Waals surface area (Å²) in [6, 6.07) is 0.432. The molecule has 1 aliphatic carbocycles. The van der Waals surface area contributed by atoms with E-state index in [4.69, 9.17) is 9.47 Å². The van der Waals surface area contributed by atoms with Gasteiger partial charge in [-0.25, -0.2) is 4.99 Å². The van der Waals surface area contributed by atoms with Gasteiger partial charge in [-0.3, -0.25) is 14.5 Å². The highest BCUT2D eigenvalue weighted by molar-refractivity contribution is 5.99. The van der Waals surface area contributed by atoms with E-state index < -0.39 is 23.9 Å². The number of ether oxygens (including phenoxy) is 2. The summed E-state index contributed by atoms with van der Waals surface area (Å²) in [6.45, 7) is 7.32. The van der Waals surface area contributed by atoms with Crippen molar-refractivity contribution in [2.24, 2.45) is 22.7 Å². The monoisotopic (exact) mass is 483 g/mol. The van der Waals surface area contributed by atoms with Gasteiger partial charge in [0, 0.05) is 56.0 Å². The summed E-state index contributed by atoms with van der Waals surface area (Å²) in [4.78, 5) is 30.9. The van der Waals surface area contributed by atoms with Gasteiger partial charge in [0.05, 0.1) is 25.7 Å². The van der Waals surface area contributed by atoms with Crippen LogP contribution in [0.25, 0.3) is 0 Å². The molecule has 3 atom stereocenters. The summed E-state index contributed by atoms with van der Waals surface area (Å²) < 4.78 is 49.8. The van der Waals surface area contributed by atoms with E-state index in [1.54, 1.807) is 12.3 Å². The highest BCUT2D eigenvalue weighted by Gasteiger charge is 2.39. The van der Waals surface area contributed by atoms with Crippen molar-refractivity contribution in [3.05, 3.63) is 36.5 Å². The molecule has 2 saturated heterocycles. The first-order chi connectivity index (χ1) is 16.3. The van der Waals surface area contributed by atoms with Crippen LogP contribution in [0, 0.1) is 17.8 Å². The third-order valence-corrected chi connectivity index (χ3v) is 6.36. The maximum absolute atomic E-state index is 12.9. The zero-order chi connectivity index (χ0) is 24.6. The molecule has 3 aliphatic rings. The third kappa shape index (κ3) is 7.61. The Morgan fingerprint density at radius 3 is 2.76 bits per heavy atom. The van der Waals surface area contributed by atoms with Gasteiger partial charge in [-0.15, -0.1) is 6.58 Å². The molecule has 2 fully saturated rings. The molecule has 0 radical (unpaired) electrons. The maximum Gasteiger partial charge on any atom is 0.395 e. The van der Waals surface area contributed by atoms with Gasteiger partial charge in [0.1, 0.15) is 0 Å². The minimum absolute atomic E-state index is 0.0174. The standard InChI is InChI=1S/C24H32F3N3O4/c1-2-8-34-16-19-15-30(21-6-9-33-10-7-21)14-18(19)12-28-22(31)13-29-23(32)17-4-3-5-20(11-17)24(25,26)27/h2-4,11-12,18-21H,1,5-10,13-16H2,(H,29,32)/t18?,19-,20?/m1/s1. The molecule has 2 unspecified atom stereocenters. The van der Waals surface area contributed by atoms with Crippen LogP contribution in [0.1, 0.15) is 19.3 Å². The number of rotatable bonds is 9. The number of aliphatic imine (C=N–C) groups is 1. The number of likely N-dealkylation sites (tertiary alicyclic amines) is 1. The van der Waals surface area contributed by atoms with E-state index in [2.05, 4.69) is 21.8 Å². The highest BCUT2D eigenvalue weighted by atomic mass is 19.4. The number of amides is 2.